The van der Waals surface area contributed by atoms with E-state index in [0.29, 0.717) is 18.6 Å². The molecule has 0 N–H and O–H groups in total. The van der Waals surface area contributed by atoms with E-state index in [1.165, 1.54) is 0 Å². The molecule has 1 aromatic carbocycles. The molecule has 1 rings (SSSR count). The number of hydrogen-bond donors (Lipinski definition) is 0. The monoisotopic (exact) mass is 308 g/mol. The molecule has 0 aliphatic carbocycles. The molecule has 0 aliphatic heterocycles. The summed E-state index contributed by atoms with van der Waals surface area (Å²) in [5, 5.41) is 0. The highest BCUT2D eigenvalue weighted by atomic mass is 19.4. The van der Waals surface area contributed by atoms with Crippen molar-refractivity contribution in [3.63, 3.8) is 0 Å². The maximum Gasteiger partial charge on any atom is 0.419 e. The number of alkyl halides is 3. The Balaban J connectivity index is 2.96. The fourth-order valence-electron chi connectivity index (χ4n) is 1.68. The molecule has 1 atom stereocenters. The first-order valence-electron chi connectivity index (χ1n) is 6.49. The van der Waals surface area contributed by atoms with Gasteiger partial charge in [0.05, 0.1) is 12.2 Å². The van der Waals surface area contributed by atoms with Crippen LogP contribution in [0.4, 0.5) is 17.6 Å². The summed E-state index contributed by atoms with van der Waals surface area (Å²) in [6, 6.07) is 2.25. The summed E-state index contributed by atoms with van der Waals surface area (Å²) in [6.45, 7) is 3.54. The quantitative estimate of drug-likeness (QED) is 0.589. The lowest BCUT2D eigenvalue weighted by Gasteiger charge is -2.18. The van der Waals surface area contributed by atoms with Crippen molar-refractivity contribution in [3.8, 4) is 5.75 Å². The first-order valence-corrected chi connectivity index (χ1v) is 6.49. The molecule has 0 saturated heterocycles. The molecule has 0 fully saturated rings. The molecule has 0 bridgehead atoms. The Morgan fingerprint density at radius 2 is 1.95 bits per heavy atom. The van der Waals surface area contributed by atoms with Crippen molar-refractivity contribution in [2.24, 2.45) is 0 Å². The maximum absolute atomic E-state index is 13.2. The molecule has 118 valence electrons. The summed E-state index contributed by atoms with van der Waals surface area (Å²) < 4.78 is 61.0. The zero-order chi connectivity index (χ0) is 16.0. The number of carbonyl (C=O) groups is 1. The highest BCUT2D eigenvalue weighted by Crippen LogP contribution is 2.34. The number of benzene rings is 1. The van der Waals surface area contributed by atoms with E-state index in [1.807, 2.05) is 0 Å². The van der Waals surface area contributed by atoms with Crippen LogP contribution in [0, 0.1) is 5.82 Å². The number of halogens is 4. The molecule has 0 heterocycles. The van der Waals surface area contributed by atoms with Crippen molar-refractivity contribution in [1.29, 1.82) is 0 Å². The molecule has 7 heteroatoms. The van der Waals surface area contributed by atoms with Gasteiger partial charge in [-0.15, -0.1) is 0 Å². The van der Waals surface area contributed by atoms with Gasteiger partial charge < -0.3 is 9.47 Å². The second-order valence-electron chi connectivity index (χ2n) is 4.29. The van der Waals surface area contributed by atoms with E-state index in [9.17, 15) is 22.4 Å². The van der Waals surface area contributed by atoms with Crippen molar-refractivity contribution >= 4 is 5.97 Å². The second-order valence-corrected chi connectivity index (χ2v) is 4.29. The van der Waals surface area contributed by atoms with Gasteiger partial charge in [-0.3, -0.25) is 0 Å². The molecule has 0 aliphatic rings. The van der Waals surface area contributed by atoms with Crippen LogP contribution in [0.3, 0.4) is 0 Å². The summed E-state index contributed by atoms with van der Waals surface area (Å²) in [5.41, 5.74) is -1.43. The van der Waals surface area contributed by atoms with Gasteiger partial charge in [-0.05, 0) is 31.5 Å². The third-order valence-electron chi connectivity index (χ3n) is 2.62. The lowest BCUT2D eigenvalue weighted by atomic mass is 10.1. The third-order valence-corrected chi connectivity index (χ3v) is 2.62. The van der Waals surface area contributed by atoms with Gasteiger partial charge >= 0.3 is 12.1 Å². The van der Waals surface area contributed by atoms with Crippen LogP contribution in [0.25, 0.3) is 0 Å². The number of esters is 1. The van der Waals surface area contributed by atoms with Gasteiger partial charge in [0.25, 0.3) is 0 Å². The maximum atomic E-state index is 13.2. The van der Waals surface area contributed by atoms with Crippen LogP contribution in [0.1, 0.15) is 32.3 Å². The fraction of sp³-hybridized carbons (Fsp3) is 0.500. The van der Waals surface area contributed by atoms with Gasteiger partial charge in [0, 0.05) is 0 Å². The van der Waals surface area contributed by atoms with Gasteiger partial charge in [0.15, 0.2) is 6.10 Å². The van der Waals surface area contributed by atoms with Crippen molar-refractivity contribution < 1.29 is 31.8 Å². The predicted molar refractivity (Wildman–Crippen MR) is 67.4 cm³/mol. The summed E-state index contributed by atoms with van der Waals surface area (Å²) in [5.74, 6) is -2.27. The van der Waals surface area contributed by atoms with Crippen LogP contribution >= 0.6 is 0 Å². The van der Waals surface area contributed by atoms with Gasteiger partial charge in [0.1, 0.15) is 11.6 Å². The van der Waals surface area contributed by atoms with Crippen molar-refractivity contribution in [2.45, 2.75) is 39.0 Å². The average molecular weight is 308 g/mol. The van der Waals surface area contributed by atoms with Crippen LogP contribution in [0.5, 0.6) is 5.75 Å². The van der Waals surface area contributed by atoms with Crippen molar-refractivity contribution in [2.75, 3.05) is 6.61 Å². The molecule has 0 aromatic heterocycles. The number of hydrogen-bond acceptors (Lipinski definition) is 3. The third kappa shape index (κ3) is 4.91. The summed E-state index contributed by atoms with van der Waals surface area (Å²) in [7, 11) is 0. The normalized spacial score (nSPS) is 12.9. The molecule has 3 nitrogen and oxygen atoms in total. The first-order chi connectivity index (χ1) is 9.79. The fourth-order valence-corrected chi connectivity index (χ4v) is 1.68. The van der Waals surface area contributed by atoms with Crippen LogP contribution < -0.4 is 4.74 Å². The molecule has 0 radical (unpaired) electrons. The van der Waals surface area contributed by atoms with Gasteiger partial charge in [-0.2, -0.15) is 13.2 Å². The smallest absolute Gasteiger partial charge is 0.419 e. The van der Waals surface area contributed by atoms with E-state index < -0.39 is 29.6 Å². The zero-order valence-corrected chi connectivity index (χ0v) is 11.7. The standard InChI is InChI=1S/C14H16F4O3/c1-3-5-12(13(19)20-4-2)21-9-6-7-11(15)10(8-9)14(16,17)18/h6-8,12H,3-5H2,1-2H3. The molecular formula is C14H16F4O3. The van der Waals surface area contributed by atoms with Gasteiger partial charge in [-0.25, -0.2) is 9.18 Å². The van der Waals surface area contributed by atoms with Crippen LogP contribution in [-0.2, 0) is 15.7 Å². The minimum absolute atomic E-state index is 0.139. The summed E-state index contributed by atoms with van der Waals surface area (Å²) in [6.07, 6.45) is -4.97. The summed E-state index contributed by atoms with van der Waals surface area (Å²) in [4.78, 5) is 11.6. The highest BCUT2D eigenvalue weighted by Gasteiger charge is 2.34. The average Bonchev–Trinajstić information content (AvgIpc) is 2.39. The van der Waals surface area contributed by atoms with E-state index in [4.69, 9.17) is 9.47 Å². The largest absolute Gasteiger partial charge is 0.479 e. The molecule has 0 spiro atoms. The molecule has 1 unspecified atom stereocenters. The molecular weight excluding hydrogens is 292 g/mol. The highest BCUT2D eigenvalue weighted by molar-refractivity contribution is 5.75. The number of ether oxygens (including phenoxy) is 2. The molecule has 21 heavy (non-hydrogen) atoms. The van der Waals surface area contributed by atoms with Crippen LogP contribution in [-0.4, -0.2) is 18.7 Å². The van der Waals surface area contributed by atoms with Crippen LogP contribution in [0.2, 0.25) is 0 Å². The first kappa shape index (κ1) is 17.3. The Bertz CT molecular complexity index is 486. The molecule has 1 aromatic rings. The Morgan fingerprint density at radius 3 is 2.48 bits per heavy atom. The van der Waals surface area contributed by atoms with Gasteiger partial charge in [-0.1, -0.05) is 13.3 Å². The Hall–Kier alpha value is -1.79. The van der Waals surface area contributed by atoms with Crippen molar-refractivity contribution in [1.82, 2.24) is 0 Å². The SMILES string of the molecule is CCCC(Oc1ccc(F)c(C(F)(F)F)c1)C(=O)OCC. The van der Waals surface area contributed by atoms with Gasteiger partial charge in [0.2, 0.25) is 0 Å². The minimum atomic E-state index is -4.83. The van der Waals surface area contributed by atoms with E-state index in [2.05, 4.69) is 0 Å². The van der Waals surface area contributed by atoms with E-state index in [0.717, 1.165) is 6.07 Å². The minimum Gasteiger partial charge on any atom is -0.479 e. The van der Waals surface area contributed by atoms with Crippen molar-refractivity contribution in [3.05, 3.63) is 29.6 Å². The number of carbonyl (C=O) groups excluding carboxylic acids is 1. The Morgan fingerprint density at radius 1 is 1.29 bits per heavy atom. The zero-order valence-electron chi connectivity index (χ0n) is 11.7. The van der Waals surface area contributed by atoms with E-state index in [-0.39, 0.29) is 18.8 Å². The lowest BCUT2D eigenvalue weighted by Crippen LogP contribution is -2.29. The Labute approximate surface area is 119 Å². The predicted octanol–water partition coefficient (Wildman–Crippen LogP) is 3.96. The molecule has 0 amide bonds. The van der Waals surface area contributed by atoms with E-state index in [1.54, 1.807) is 13.8 Å². The Kier molecular flexibility index (Phi) is 5.99. The lowest BCUT2D eigenvalue weighted by molar-refractivity contribution is -0.151. The van der Waals surface area contributed by atoms with Crippen LogP contribution in [0.15, 0.2) is 18.2 Å². The summed E-state index contributed by atoms with van der Waals surface area (Å²) >= 11 is 0. The van der Waals surface area contributed by atoms with E-state index >= 15 is 0 Å². The molecule has 0 saturated carbocycles. The topological polar surface area (TPSA) is 35.5 Å². The number of rotatable bonds is 6. The second kappa shape index (κ2) is 7.28.